The first kappa shape index (κ1) is 21.0. The van der Waals surface area contributed by atoms with Crippen molar-refractivity contribution in [3.63, 3.8) is 0 Å². The number of hydrogen-bond acceptors (Lipinski definition) is 9. The number of esters is 1. The summed E-state index contributed by atoms with van der Waals surface area (Å²) >= 11 is 0. The molecule has 166 valence electrons. The van der Waals surface area contributed by atoms with Gasteiger partial charge in [-0.3, -0.25) is 14.9 Å². The maximum Gasteiger partial charge on any atom is 0.331 e. The molecule has 32 heavy (non-hydrogen) atoms. The van der Waals surface area contributed by atoms with Crippen LogP contribution in [0.15, 0.2) is 36.4 Å². The van der Waals surface area contributed by atoms with Gasteiger partial charge in [0.25, 0.3) is 11.6 Å². The van der Waals surface area contributed by atoms with Crippen LogP contribution in [0.1, 0.15) is 12.0 Å². The lowest BCUT2D eigenvalue weighted by molar-refractivity contribution is -0.384. The summed E-state index contributed by atoms with van der Waals surface area (Å²) in [4.78, 5) is 34.8. The van der Waals surface area contributed by atoms with Crippen molar-refractivity contribution >= 4 is 29.3 Å². The number of amides is 1. The Hall–Kier alpha value is -4.28. The number of nitrogens with one attached hydrogen (secondary N) is 1. The van der Waals surface area contributed by atoms with E-state index in [1.807, 2.05) is 0 Å². The molecule has 11 heteroatoms. The Kier molecular flexibility index (Phi) is 6.06. The lowest BCUT2D eigenvalue weighted by Crippen LogP contribution is -2.20. The van der Waals surface area contributed by atoms with Crippen LogP contribution in [-0.4, -0.2) is 43.4 Å². The van der Waals surface area contributed by atoms with Gasteiger partial charge in [-0.1, -0.05) is 6.07 Å². The molecule has 0 radical (unpaired) electrons. The van der Waals surface area contributed by atoms with Crippen molar-refractivity contribution in [1.29, 1.82) is 0 Å². The molecule has 1 N–H and O–H groups in total. The zero-order valence-electron chi connectivity index (χ0n) is 16.7. The second kappa shape index (κ2) is 9.25. The summed E-state index contributed by atoms with van der Waals surface area (Å²) in [5.74, 6) is 0.194. The van der Waals surface area contributed by atoms with E-state index in [0.717, 1.165) is 6.08 Å². The number of nitro benzene ring substituents is 1. The third-order valence-electron chi connectivity index (χ3n) is 4.49. The van der Waals surface area contributed by atoms with Crippen molar-refractivity contribution in [3.05, 3.63) is 52.1 Å². The zero-order valence-corrected chi connectivity index (χ0v) is 16.7. The van der Waals surface area contributed by atoms with Crippen LogP contribution in [0.5, 0.6) is 23.0 Å². The molecule has 2 aliphatic rings. The van der Waals surface area contributed by atoms with Gasteiger partial charge in [-0.15, -0.1) is 0 Å². The van der Waals surface area contributed by atoms with E-state index in [4.69, 9.17) is 23.7 Å². The second-order valence-electron chi connectivity index (χ2n) is 6.73. The Balaban J connectivity index is 1.36. The van der Waals surface area contributed by atoms with Crippen molar-refractivity contribution in [3.8, 4) is 23.0 Å². The summed E-state index contributed by atoms with van der Waals surface area (Å²) in [6.07, 6.45) is 3.28. The first-order chi connectivity index (χ1) is 15.5. The highest BCUT2D eigenvalue weighted by atomic mass is 16.7. The normalized spacial score (nSPS) is 14.0. The summed E-state index contributed by atoms with van der Waals surface area (Å²) in [6.45, 7) is 0.258. The van der Waals surface area contributed by atoms with Gasteiger partial charge in [-0.2, -0.15) is 0 Å². The van der Waals surface area contributed by atoms with Gasteiger partial charge >= 0.3 is 5.97 Å². The van der Waals surface area contributed by atoms with Gasteiger partial charge in [0, 0.05) is 18.6 Å². The number of fused-ring (bicyclic) bond motifs is 2. The van der Waals surface area contributed by atoms with Crippen molar-refractivity contribution in [2.24, 2.45) is 0 Å². The molecule has 4 rings (SSSR count). The number of benzene rings is 2. The Labute approximate surface area is 181 Å². The first-order valence-electron chi connectivity index (χ1n) is 9.62. The lowest BCUT2D eigenvalue weighted by Gasteiger charge is -2.11. The van der Waals surface area contributed by atoms with Crippen LogP contribution in [0.4, 0.5) is 11.4 Å². The number of carbonyl (C=O) groups excluding carboxylic acids is 2. The molecule has 0 unspecified atom stereocenters. The topological polar surface area (TPSA) is 135 Å². The van der Waals surface area contributed by atoms with Crippen LogP contribution in [0.3, 0.4) is 0 Å². The minimum absolute atomic E-state index is 0.0869. The largest absolute Gasteiger partial charge is 0.489 e. The first-order valence-corrected chi connectivity index (χ1v) is 9.62. The van der Waals surface area contributed by atoms with Gasteiger partial charge in [0.05, 0.1) is 24.2 Å². The number of rotatable bonds is 6. The lowest BCUT2D eigenvalue weighted by atomic mass is 10.2. The molecule has 0 atom stereocenters. The van der Waals surface area contributed by atoms with Gasteiger partial charge in [-0.25, -0.2) is 4.79 Å². The highest BCUT2D eigenvalue weighted by molar-refractivity contribution is 5.96. The number of carbonyl (C=O) groups is 2. The average Bonchev–Trinajstić information content (AvgIpc) is 3.12. The summed E-state index contributed by atoms with van der Waals surface area (Å²) < 4.78 is 26.3. The second-order valence-corrected chi connectivity index (χ2v) is 6.73. The minimum atomic E-state index is -0.758. The monoisotopic (exact) mass is 442 g/mol. The molecular formula is C21H18N2O9. The maximum absolute atomic E-state index is 12.2. The minimum Gasteiger partial charge on any atom is -0.489 e. The van der Waals surface area contributed by atoms with Gasteiger partial charge in [0.2, 0.25) is 6.79 Å². The van der Waals surface area contributed by atoms with Gasteiger partial charge in [0.1, 0.15) is 5.69 Å². The van der Waals surface area contributed by atoms with Crippen LogP contribution >= 0.6 is 0 Å². The van der Waals surface area contributed by atoms with Crippen molar-refractivity contribution in [1.82, 2.24) is 0 Å². The molecular weight excluding hydrogens is 424 g/mol. The Morgan fingerprint density at radius 2 is 1.75 bits per heavy atom. The smallest absolute Gasteiger partial charge is 0.331 e. The third kappa shape index (κ3) is 4.89. The predicted octanol–water partition coefficient (Wildman–Crippen LogP) is 2.68. The quantitative estimate of drug-likeness (QED) is 0.310. The van der Waals surface area contributed by atoms with Crippen LogP contribution < -0.4 is 24.3 Å². The third-order valence-corrected chi connectivity index (χ3v) is 4.49. The predicted molar refractivity (Wildman–Crippen MR) is 110 cm³/mol. The van der Waals surface area contributed by atoms with Gasteiger partial charge in [-0.05, 0) is 23.8 Å². The molecule has 0 aromatic heterocycles. The van der Waals surface area contributed by atoms with Gasteiger partial charge in [0.15, 0.2) is 29.6 Å². The molecule has 0 bridgehead atoms. The van der Waals surface area contributed by atoms with Crippen LogP contribution in [0.25, 0.3) is 6.08 Å². The van der Waals surface area contributed by atoms with Crippen molar-refractivity contribution < 1.29 is 38.2 Å². The van der Waals surface area contributed by atoms with E-state index in [0.29, 0.717) is 36.7 Å². The van der Waals surface area contributed by atoms with Crippen LogP contribution in [0.2, 0.25) is 0 Å². The molecule has 2 heterocycles. The molecule has 0 saturated carbocycles. The average molecular weight is 442 g/mol. The fourth-order valence-electron chi connectivity index (χ4n) is 3.00. The molecule has 0 spiro atoms. The molecule has 0 aliphatic carbocycles. The fourth-order valence-corrected chi connectivity index (χ4v) is 3.00. The Morgan fingerprint density at radius 1 is 1.03 bits per heavy atom. The molecule has 0 fully saturated rings. The van der Waals surface area contributed by atoms with Crippen molar-refractivity contribution in [2.45, 2.75) is 6.42 Å². The van der Waals surface area contributed by atoms with Gasteiger partial charge < -0.3 is 29.0 Å². The summed E-state index contributed by atoms with van der Waals surface area (Å²) in [7, 11) is 0. The number of nitrogens with zero attached hydrogens (tertiary/aromatic N) is 1. The number of nitro groups is 1. The molecule has 11 nitrogen and oxygen atoms in total. The molecule has 0 saturated heterocycles. The number of anilines is 1. The zero-order chi connectivity index (χ0) is 22.5. The fraction of sp³-hybridized carbons (Fsp3) is 0.238. The molecule has 2 aromatic carbocycles. The Morgan fingerprint density at radius 3 is 2.53 bits per heavy atom. The van der Waals surface area contributed by atoms with Crippen molar-refractivity contribution in [2.75, 3.05) is 31.9 Å². The maximum atomic E-state index is 12.2. The standard InChI is InChI=1S/C21H18N2O9/c24-20(11-30-21(25)5-3-13-2-4-16-17(8-13)32-12-31-16)22-14-9-18-19(10-15(14)23(26)27)29-7-1-6-28-18/h2-5,8-10H,1,6-7,11-12H2,(H,22,24)/b5-3+. The highest BCUT2D eigenvalue weighted by Gasteiger charge is 2.23. The summed E-state index contributed by atoms with van der Waals surface area (Å²) in [5, 5.41) is 13.8. The highest BCUT2D eigenvalue weighted by Crippen LogP contribution is 2.39. The van der Waals surface area contributed by atoms with E-state index >= 15 is 0 Å². The summed E-state index contributed by atoms with van der Waals surface area (Å²) in [6, 6.07) is 7.65. The number of ether oxygens (including phenoxy) is 5. The summed E-state index contributed by atoms with van der Waals surface area (Å²) in [5.41, 5.74) is 0.228. The van der Waals surface area contributed by atoms with E-state index in [9.17, 15) is 19.7 Å². The van der Waals surface area contributed by atoms with E-state index in [1.54, 1.807) is 18.2 Å². The van der Waals surface area contributed by atoms with Crippen LogP contribution in [-0.2, 0) is 14.3 Å². The SMILES string of the molecule is O=C(COC(=O)/C=C/c1ccc2c(c1)OCO2)Nc1cc2c(cc1[N+](=O)[O-])OCCCO2. The van der Waals surface area contributed by atoms with Crippen LogP contribution in [0, 0.1) is 10.1 Å². The van der Waals surface area contributed by atoms with E-state index in [1.165, 1.54) is 18.2 Å². The molecule has 2 aromatic rings. The Bertz CT molecular complexity index is 1100. The van der Waals surface area contributed by atoms with E-state index in [2.05, 4.69) is 5.32 Å². The van der Waals surface area contributed by atoms with E-state index < -0.39 is 23.4 Å². The van der Waals surface area contributed by atoms with E-state index in [-0.39, 0.29) is 29.7 Å². The molecule has 2 aliphatic heterocycles. The number of hydrogen-bond donors (Lipinski definition) is 1. The molecule has 1 amide bonds.